The van der Waals surface area contributed by atoms with Gasteiger partial charge in [-0.15, -0.1) is 0 Å². The number of carbonyl (C=O) groups excluding carboxylic acids is 3. The monoisotopic (exact) mass is 361 g/mol. The lowest BCUT2D eigenvalue weighted by molar-refractivity contribution is -0.132. The highest BCUT2D eigenvalue weighted by atomic mass is 16.2. The smallest absolute Gasteiger partial charge is 0.255 e. The van der Waals surface area contributed by atoms with E-state index in [1.54, 1.807) is 14.0 Å². The number of likely N-dealkylation sites (N-methyl/N-ethyl adjacent to an activating group) is 1. The van der Waals surface area contributed by atoms with Crippen molar-refractivity contribution in [1.82, 2.24) is 5.32 Å². The fourth-order valence-electron chi connectivity index (χ4n) is 3.97. The summed E-state index contributed by atoms with van der Waals surface area (Å²) in [5.74, 6) is -2.76. The molecule has 0 saturated carbocycles. The molecule has 0 spiro atoms. The zero-order chi connectivity index (χ0) is 19.2. The van der Waals surface area contributed by atoms with Crippen LogP contribution in [0.4, 0.5) is 5.69 Å². The first-order valence-electron chi connectivity index (χ1n) is 8.76. The third-order valence-corrected chi connectivity index (χ3v) is 5.35. The van der Waals surface area contributed by atoms with Gasteiger partial charge in [0.05, 0.1) is 17.5 Å². The largest absolute Gasteiger partial charge is 0.313 e. The number of benzene rings is 2. The Morgan fingerprint density at radius 3 is 2.22 bits per heavy atom. The van der Waals surface area contributed by atoms with Gasteiger partial charge in [0.15, 0.2) is 0 Å². The van der Waals surface area contributed by atoms with Crippen molar-refractivity contribution in [3.05, 3.63) is 66.2 Å². The lowest BCUT2D eigenvalue weighted by Crippen LogP contribution is -2.50. The minimum atomic E-state index is -1.35. The maximum absolute atomic E-state index is 13.4. The molecule has 2 heterocycles. The van der Waals surface area contributed by atoms with Crippen LogP contribution in [0.5, 0.6) is 0 Å². The van der Waals surface area contributed by atoms with Crippen molar-refractivity contribution in [1.29, 1.82) is 0 Å². The van der Waals surface area contributed by atoms with E-state index in [-0.39, 0.29) is 5.91 Å². The minimum absolute atomic E-state index is 0.320. The van der Waals surface area contributed by atoms with Crippen molar-refractivity contribution >= 4 is 29.1 Å². The predicted octanol–water partition coefficient (Wildman–Crippen LogP) is 1.80. The highest BCUT2D eigenvalue weighted by Gasteiger charge is 2.62. The molecular formula is C21H19N3O3. The molecule has 136 valence electrons. The molecule has 3 amide bonds. The van der Waals surface area contributed by atoms with Crippen LogP contribution in [0, 0.1) is 11.8 Å². The maximum atomic E-state index is 13.4. The minimum Gasteiger partial charge on any atom is -0.313 e. The van der Waals surface area contributed by atoms with Crippen LogP contribution in [-0.4, -0.2) is 36.0 Å². The molecule has 2 aliphatic rings. The number of imide groups is 1. The summed E-state index contributed by atoms with van der Waals surface area (Å²) in [6.45, 7) is 1.64. The molecule has 3 atom stereocenters. The standard InChI is InChI=1S/C21H19N3O3/c1-21(20(27)24(2)14-11-7-4-8-12-14)16-15(18(25)22-19(16)26)17(23-21)13-9-5-3-6-10-13/h3-12,15-16H,1-2H3,(H,22,25,26). The fraction of sp³-hybridized carbons (Fsp3) is 0.238. The first kappa shape index (κ1) is 17.1. The summed E-state index contributed by atoms with van der Waals surface area (Å²) in [7, 11) is 1.66. The second-order valence-electron chi connectivity index (χ2n) is 7.02. The quantitative estimate of drug-likeness (QED) is 0.847. The molecule has 4 rings (SSSR count). The number of para-hydroxylation sites is 1. The average molecular weight is 361 g/mol. The molecule has 6 heteroatoms. The van der Waals surface area contributed by atoms with Gasteiger partial charge in [0.2, 0.25) is 11.8 Å². The molecule has 1 N–H and O–H groups in total. The third kappa shape index (κ3) is 2.56. The molecule has 0 aliphatic carbocycles. The number of nitrogens with one attached hydrogen (secondary N) is 1. The molecule has 2 aliphatic heterocycles. The van der Waals surface area contributed by atoms with Crippen molar-refractivity contribution in [2.45, 2.75) is 12.5 Å². The lowest BCUT2D eigenvalue weighted by Gasteiger charge is -2.30. The molecule has 1 fully saturated rings. The lowest BCUT2D eigenvalue weighted by atomic mass is 9.78. The zero-order valence-corrected chi connectivity index (χ0v) is 15.0. The van der Waals surface area contributed by atoms with Crippen LogP contribution in [-0.2, 0) is 14.4 Å². The van der Waals surface area contributed by atoms with Gasteiger partial charge in [-0.3, -0.25) is 24.7 Å². The summed E-state index contributed by atoms with van der Waals surface area (Å²) < 4.78 is 0. The van der Waals surface area contributed by atoms with Crippen LogP contribution in [0.2, 0.25) is 0 Å². The van der Waals surface area contributed by atoms with Crippen molar-refractivity contribution in [2.24, 2.45) is 16.8 Å². The molecule has 0 aromatic heterocycles. The van der Waals surface area contributed by atoms with Crippen LogP contribution >= 0.6 is 0 Å². The summed E-state index contributed by atoms with van der Waals surface area (Å²) in [5.41, 5.74) is 0.585. The number of rotatable bonds is 3. The number of hydrogen-bond donors (Lipinski definition) is 1. The van der Waals surface area contributed by atoms with E-state index >= 15 is 0 Å². The van der Waals surface area contributed by atoms with Gasteiger partial charge in [-0.05, 0) is 24.6 Å². The van der Waals surface area contributed by atoms with E-state index in [1.165, 1.54) is 4.90 Å². The first-order valence-corrected chi connectivity index (χ1v) is 8.76. The number of fused-ring (bicyclic) bond motifs is 1. The Balaban J connectivity index is 1.80. The van der Waals surface area contributed by atoms with E-state index in [0.717, 1.165) is 5.56 Å². The van der Waals surface area contributed by atoms with E-state index in [2.05, 4.69) is 10.3 Å². The Hall–Kier alpha value is -3.28. The Morgan fingerprint density at radius 2 is 1.59 bits per heavy atom. The number of aliphatic imine (C=N–C) groups is 1. The zero-order valence-electron chi connectivity index (χ0n) is 15.0. The van der Waals surface area contributed by atoms with Gasteiger partial charge in [-0.2, -0.15) is 0 Å². The SMILES string of the molecule is CN(C(=O)C1(C)N=C(c2ccccc2)C2C(=O)NC(=O)C21)c1ccccc1. The van der Waals surface area contributed by atoms with E-state index in [9.17, 15) is 14.4 Å². The number of carbonyl (C=O) groups is 3. The van der Waals surface area contributed by atoms with Crippen LogP contribution in [0.15, 0.2) is 65.7 Å². The van der Waals surface area contributed by atoms with Gasteiger partial charge >= 0.3 is 0 Å². The summed E-state index contributed by atoms with van der Waals surface area (Å²) in [5, 5.41) is 2.38. The molecule has 3 unspecified atom stereocenters. The third-order valence-electron chi connectivity index (χ3n) is 5.35. The highest BCUT2D eigenvalue weighted by Crippen LogP contribution is 2.43. The van der Waals surface area contributed by atoms with Crippen molar-refractivity contribution < 1.29 is 14.4 Å². The fourth-order valence-corrected chi connectivity index (χ4v) is 3.97. The molecule has 0 bridgehead atoms. The van der Waals surface area contributed by atoms with Crippen molar-refractivity contribution in [2.75, 3.05) is 11.9 Å². The first-order chi connectivity index (χ1) is 12.9. The summed E-state index contributed by atoms with van der Waals surface area (Å²) in [6, 6.07) is 18.4. The normalized spacial score (nSPS) is 26.4. The van der Waals surface area contributed by atoms with Gasteiger partial charge in [-0.25, -0.2) is 0 Å². The number of anilines is 1. The maximum Gasteiger partial charge on any atom is 0.255 e. The van der Waals surface area contributed by atoms with Gasteiger partial charge in [0.25, 0.3) is 5.91 Å². The Kier molecular flexibility index (Phi) is 3.91. The van der Waals surface area contributed by atoms with Crippen molar-refractivity contribution in [3.63, 3.8) is 0 Å². The molecule has 2 aromatic carbocycles. The second kappa shape index (κ2) is 6.16. The number of amides is 3. The van der Waals surface area contributed by atoms with Crippen LogP contribution in [0.25, 0.3) is 0 Å². The number of hydrogen-bond acceptors (Lipinski definition) is 4. The molecule has 0 radical (unpaired) electrons. The van der Waals surface area contributed by atoms with Gasteiger partial charge in [0.1, 0.15) is 5.54 Å². The molecule has 6 nitrogen and oxygen atoms in total. The van der Waals surface area contributed by atoms with Gasteiger partial charge in [-0.1, -0.05) is 48.5 Å². The van der Waals surface area contributed by atoms with Crippen LogP contribution < -0.4 is 10.2 Å². The van der Waals surface area contributed by atoms with Gasteiger partial charge in [0, 0.05) is 12.7 Å². The van der Waals surface area contributed by atoms with E-state index in [1.807, 2.05) is 60.7 Å². The molecular weight excluding hydrogens is 342 g/mol. The Morgan fingerprint density at radius 1 is 1.00 bits per heavy atom. The topological polar surface area (TPSA) is 78.8 Å². The van der Waals surface area contributed by atoms with Crippen LogP contribution in [0.1, 0.15) is 12.5 Å². The summed E-state index contributed by atoms with van der Waals surface area (Å²) in [4.78, 5) is 44.5. The van der Waals surface area contributed by atoms with E-state index in [4.69, 9.17) is 0 Å². The predicted molar refractivity (Wildman–Crippen MR) is 101 cm³/mol. The number of nitrogens with zero attached hydrogens (tertiary/aromatic N) is 2. The average Bonchev–Trinajstić information content (AvgIpc) is 3.18. The second-order valence-corrected chi connectivity index (χ2v) is 7.02. The van der Waals surface area contributed by atoms with Crippen LogP contribution in [0.3, 0.4) is 0 Å². The van der Waals surface area contributed by atoms with Crippen molar-refractivity contribution in [3.8, 4) is 0 Å². The summed E-state index contributed by atoms with van der Waals surface area (Å²) >= 11 is 0. The Labute approximate surface area is 156 Å². The summed E-state index contributed by atoms with van der Waals surface area (Å²) in [6.07, 6.45) is 0. The van der Waals surface area contributed by atoms with Gasteiger partial charge < -0.3 is 4.90 Å². The molecule has 2 aromatic rings. The Bertz CT molecular complexity index is 955. The van der Waals surface area contributed by atoms with E-state index < -0.39 is 29.2 Å². The molecule has 27 heavy (non-hydrogen) atoms. The van der Waals surface area contributed by atoms with E-state index in [0.29, 0.717) is 11.4 Å². The highest BCUT2D eigenvalue weighted by molar-refractivity contribution is 6.26. The molecule has 1 saturated heterocycles.